The third-order valence-corrected chi connectivity index (χ3v) is 5.49. The first kappa shape index (κ1) is 20.2. The summed E-state index contributed by atoms with van der Waals surface area (Å²) in [4.78, 5) is 3.38. The molecule has 0 saturated heterocycles. The van der Waals surface area contributed by atoms with Crippen molar-refractivity contribution in [2.24, 2.45) is 0 Å². The van der Waals surface area contributed by atoms with E-state index in [1.54, 1.807) is 6.07 Å². The number of benzene rings is 3. The minimum absolute atomic E-state index is 0.344. The highest BCUT2D eigenvalue weighted by Crippen LogP contribution is 2.46. The van der Waals surface area contributed by atoms with Crippen LogP contribution in [0.2, 0.25) is 0 Å². The fourth-order valence-electron chi connectivity index (χ4n) is 3.51. The first-order valence-corrected chi connectivity index (χ1v) is 10.3. The summed E-state index contributed by atoms with van der Waals surface area (Å²) in [6.07, 6.45) is 0. The molecule has 0 saturated carbocycles. The van der Waals surface area contributed by atoms with Crippen LogP contribution in [0, 0.1) is 5.82 Å². The van der Waals surface area contributed by atoms with Gasteiger partial charge in [0.15, 0.2) is 0 Å². The number of alkyl halides is 3. The zero-order valence-electron chi connectivity index (χ0n) is 15.3. The van der Waals surface area contributed by atoms with E-state index in [9.17, 15) is 4.39 Å². The van der Waals surface area contributed by atoms with E-state index < -0.39 is 9.83 Å². The van der Waals surface area contributed by atoms with E-state index >= 15 is 0 Å². The topological polar surface area (TPSA) is 27.8 Å². The van der Waals surface area contributed by atoms with Gasteiger partial charge in [-0.3, -0.25) is 0 Å². The number of hydrogen-bond acceptors (Lipinski definition) is 1. The van der Waals surface area contributed by atoms with E-state index in [4.69, 9.17) is 34.8 Å². The predicted octanol–water partition coefficient (Wildman–Crippen LogP) is 7.18. The minimum Gasteiger partial charge on any atom is -0.354 e. The predicted molar refractivity (Wildman–Crippen MR) is 120 cm³/mol. The Morgan fingerprint density at radius 2 is 1.55 bits per heavy atom. The molecule has 0 fully saturated rings. The van der Waals surface area contributed by atoms with Crippen LogP contribution >= 0.6 is 34.8 Å². The number of hydrogen-bond donors (Lipinski definition) is 2. The van der Waals surface area contributed by atoms with E-state index in [1.165, 1.54) is 12.1 Å². The van der Waals surface area contributed by atoms with E-state index in [1.807, 2.05) is 60.7 Å². The van der Waals surface area contributed by atoms with Gasteiger partial charge in [0.2, 0.25) is 3.79 Å². The molecule has 1 aromatic heterocycles. The lowest BCUT2D eigenvalue weighted by Crippen LogP contribution is -2.32. The molecule has 0 aliphatic rings. The lowest BCUT2D eigenvalue weighted by atomic mass is 9.99. The van der Waals surface area contributed by atoms with E-state index in [0.29, 0.717) is 11.9 Å². The maximum Gasteiger partial charge on any atom is 0.209 e. The third-order valence-electron chi connectivity index (χ3n) is 4.83. The fraction of sp³-hybridized carbons (Fsp3) is 0.130. The van der Waals surface area contributed by atoms with Crippen LogP contribution in [0.5, 0.6) is 0 Å². The summed E-state index contributed by atoms with van der Waals surface area (Å²) >= 11 is 19.3. The number of aromatic amines is 1. The second-order valence-electron chi connectivity index (χ2n) is 6.81. The molecule has 1 atom stereocenters. The smallest absolute Gasteiger partial charge is 0.209 e. The Labute approximate surface area is 183 Å². The molecule has 0 amide bonds. The van der Waals surface area contributed by atoms with Crippen molar-refractivity contribution in [3.63, 3.8) is 0 Å². The second-order valence-corrected chi connectivity index (χ2v) is 9.18. The van der Waals surface area contributed by atoms with Crippen molar-refractivity contribution in [3.8, 4) is 11.3 Å². The summed E-state index contributed by atoms with van der Waals surface area (Å²) in [7, 11) is 0. The number of H-pyrrole nitrogens is 1. The summed E-state index contributed by atoms with van der Waals surface area (Å²) in [5.41, 5.74) is 4.28. The summed E-state index contributed by atoms with van der Waals surface area (Å²) in [6, 6.07) is 23.5. The molecule has 3 aromatic carbocycles. The summed E-state index contributed by atoms with van der Waals surface area (Å²) < 4.78 is 12.5. The molecular formula is C23H18Cl3FN2. The summed E-state index contributed by atoms with van der Waals surface area (Å²) in [5.74, 6) is -0.344. The zero-order valence-corrected chi connectivity index (χ0v) is 17.6. The van der Waals surface area contributed by atoms with Gasteiger partial charge in [0.05, 0.1) is 11.7 Å². The van der Waals surface area contributed by atoms with Crippen molar-refractivity contribution >= 4 is 45.7 Å². The first-order valence-electron chi connectivity index (χ1n) is 9.14. The molecule has 29 heavy (non-hydrogen) atoms. The van der Waals surface area contributed by atoms with Crippen molar-refractivity contribution in [2.75, 3.05) is 0 Å². The Hall–Kier alpha value is -2.04. The highest BCUT2D eigenvalue weighted by Gasteiger charge is 2.37. The van der Waals surface area contributed by atoms with E-state index in [-0.39, 0.29) is 5.82 Å². The molecule has 2 nitrogen and oxygen atoms in total. The zero-order chi connectivity index (χ0) is 20.4. The van der Waals surface area contributed by atoms with Crippen LogP contribution in [0.4, 0.5) is 4.39 Å². The van der Waals surface area contributed by atoms with Gasteiger partial charge in [-0.1, -0.05) is 95.5 Å². The van der Waals surface area contributed by atoms with Crippen LogP contribution in [-0.4, -0.2) is 8.78 Å². The molecule has 2 N–H and O–H groups in total. The van der Waals surface area contributed by atoms with Gasteiger partial charge in [-0.25, -0.2) is 4.39 Å². The van der Waals surface area contributed by atoms with E-state index in [2.05, 4.69) is 10.3 Å². The fourth-order valence-corrected chi connectivity index (χ4v) is 4.07. The average molecular weight is 448 g/mol. The summed E-state index contributed by atoms with van der Waals surface area (Å²) in [6.45, 7) is 0.496. The monoisotopic (exact) mass is 446 g/mol. The van der Waals surface area contributed by atoms with Crippen molar-refractivity contribution in [1.29, 1.82) is 0 Å². The Kier molecular flexibility index (Phi) is 5.84. The molecule has 0 aliphatic heterocycles. The Morgan fingerprint density at radius 3 is 2.21 bits per heavy atom. The summed E-state index contributed by atoms with van der Waals surface area (Å²) in [5, 5.41) is 4.04. The van der Waals surface area contributed by atoms with Crippen molar-refractivity contribution in [3.05, 3.63) is 95.8 Å². The number of rotatable bonds is 5. The van der Waals surface area contributed by atoms with Gasteiger partial charge < -0.3 is 10.3 Å². The van der Waals surface area contributed by atoms with Crippen molar-refractivity contribution in [1.82, 2.24) is 10.3 Å². The number of aromatic nitrogens is 1. The van der Waals surface area contributed by atoms with Crippen LogP contribution in [0.15, 0.2) is 78.9 Å². The van der Waals surface area contributed by atoms with Gasteiger partial charge in [0.25, 0.3) is 0 Å². The molecule has 0 bridgehead atoms. The maximum atomic E-state index is 14.1. The van der Waals surface area contributed by atoms with Gasteiger partial charge in [0, 0.05) is 23.0 Å². The third kappa shape index (κ3) is 4.44. The van der Waals surface area contributed by atoms with Crippen LogP contribution < -0.4 is 5.32 Å². The lowest BCUT2D eigenvalue weighted by Gasteiger charge is -2.27. The average Bonchev–Trinajstić information content (AvgIpc) is 3.07. The van der Waals surface area contributed by atoms with Gasteiger partial charge in [-0.05, 0) is 29.3 Å². The molecule has 6 heteroatoms. The number of nitrogens with one attached hydrogen (secondary N) is 2. The molecule has 1 heterocycles. The Morgan fingerprint density at radius 1 is 0.897 bits per heavy atom. The molecule has 0 radical (unpaired) electrons. The largest absolute Gasteiger partial charge is 0.354 e. The Balaban J connectivity index is 1.86. The highest BCUT2D eigenvalue weighted by atomic mass is 35.6. The van der Waals surface area contributed by atoms with Gasteiger partial charge in [0.1, 0.15) is 5.82 Å². The minimum atomic E-state index is -1.65. The normalized spacial score (nSPS) is 13.0. The van der Waals surface area contributed by atoms with Crippen LogP contribution in [0.3, 0.4) is 0 Å². The van der Waals surface area contributed by atoms with E-state index in [0.717, 1.165) is 27.9 Å². The molecular weight excluding hydrogens is 430 g/mol. The standard InChI is InChI=1S/C23H18Cl3FN2/c24-23(25,26)22(28-14-15-7-3-1-4-8-15)20-18-13-17(27)11-12-19(18)29-21(20)16-9-5-2-6-10-16/h1-13,22,28-29H,14H2. The van der Waals surface area contributed by atoms with Gasteiger partial charge >= 0.3 is 0 Å². The quantitative estimate of drug-likeness (QED) is 0.312. The van der Waals surface area contributed by atoms with Crippen LogP contribution in [0.1, 0.15) is 17.2 Å². The number of fused-ring (bicyclic) bond motifs is 1. The SMILES string of the molecule is Fc1ccc2[nH]c(-c3ccccc3)c(C(NCc3ccccc3)C(Cl)(Cl)Cl)c2c1. The van der Waals surface area contributed by atoms with Gasteiger partial charge in [-0.15, -0.1) is 0 Å². The van der Waals surface area contributed by atoms with Gasteiger partial charge in [-0.2, -0.15) is 0 Å². The first-order chi connectivity index (χ1) is 13.9. The molecule has 4 rings (SSSR count). The Bertz CT molecular complexity index is 1110. The maximum absolute atomic E-state index is 14.1. The molecule has 1 unspecified atom stereocenters. The molecule has 0 aliphatic carbocycles. The van der Waals surface area contributed by atoms with Crippen molar-refractivity contribution < 1.29 is 4.39 Å². The molecule has 148 valence electrons. The molecule has 4 aromatic rings. The molecule has 0 spiro atoms. The van der Waals surface area contributed by atoms with Crippen LogP contribution in [-0.2, 0) is 6.54 Å². The lowest BCUT2D eigenvalue weighted by molar-refractivity contribution is 0.545. The van der Waals surface area contributed by atoms with Crippen LogP contribution in [0.25, 0.3) is 22.2 Å². The highest BCUT2D eigenvalue weighted by molar-refractivity contribution is 6.68. The second kappa shape index (κ2) is 8.37. The van der Waals surface area contributed by atoms with Crippen molar-refractivity contribution in [2.45, 2.75) is 16.4 Å². The number of halogens is 4.